The van der Waals surface area contributed by atoms with Crippen LogP contribution in [0.4, 0.5) is 0 Å². The summed E-state index contributed by atoms with van der Waals surface area (Å²) in [6.07, 6.45) is 4.36. The molecule has 1 saturated carbocycles. The average Bonchev–Trinajstić information content (AvgIpc) is 2.46. The van der Waals surface area contributed by atoms with Crippen LogP contribution in [0.15, 0.2) is 23.8 Å². The lowest BCUT2D eigenvalue weighted by molar-refractivity contribution is 0.431. The SMILES string of the molecule is C=CC(C)C1CC(=C(C)C)C(N)C1. The summed E-state index contributed by atoms with van der Waals surface area (Å²) in [5.74, 6) is 1.32. The molecular formula is C12H21N. The first-order valence-electron chi connectivity index (χ1n) is 5.10. The highest BCUT2D eigenvalue weighted by Crippen LogP contribution is 2.36. The third-order valence-electron chi connectivity index (χ3n) is 3.24. The zero-order chi connectivity index (χ0) is 10.0. The highest BCUT2D eigenvalue weighted by atomic mass is 14.7. The van der Waals surface area contributed by atoms with Crippen LogP contribution in [0.25, 0.3) is 0 Å². The molecule has 0 bridgehead atoms. The Morgan fingerprint density at radius 2 is 2.23 bits per heavy atom. The minimum absolute atomic E-state index is 0.303. The zero-order valence-electron chi connectivity index (χ0n) is 9.01. The predicted molar refractivity (Wildman–Crippen MR) is 58.4 cm³/mol. The quantitative estimate of drug-likeness (QED) is 0.648. The average molecular weight is 179 g/mol. The lowest BCUT2D eigenvalue weighted by Gasteiger charge is -2.13. The van der Waals surface area contributed by atoms with Crippen molar-refractivity contribution in [2.45, 2.75) is 39.7 Å². The highest BCUT2D eigenvalue weighted by molar-refractivity contribution is 5.22. The van der Waals surface area contributed by atoms with Gasteiger partial charge >= 0.3 is 0 Å². The Labute approximate surface area is 81.7 Å². The third kappa shape index (κ3) is 2.22. The second kappa shape index (κ2) is 4.10. The Hall–Kier alpha value is -0.560. The fraction of sp³-hybridized carbons (Fsp3) is 0.667. The first-order chi connectivity index (χ1) is 6.06. The standard InChI is InChI=1S/C12H21N/c1-5-9(4)10-6-11(8(2)3)12(13)7-10/h5,9-10,12H,1,6-7,13H2,2-4H3. The molecule has 0 aromatic rings. The fourth-order valence-corrected chi connectivity index (χ4v) is 2.15. The highest BCUT2D eigenvalue weighted by Gasteiger charge is 2.29. The molecule has 1 rings (SSSR count). The molecule has 0 heterocycles. The summed E-state index contributed by atoms with van der Waals surface area (Å²) in [6.45, 7) is 10.4. The molecule has 0 radical (unpaired) electrons. The van der Waals surface area contributed by atoms with Gasteiger partial charge in [0.2, 0.25) is 0 Å². The number of allylic oxidation sites excluding steroid dienone is 2. The van der Waals surface area contributed by atoms with Gasteiger partial charge in [0, 0.05) is 6.04 Å². The van der Waals surface area contributed by atoms with Crippen LogP contribution in [-0.2, 0) is 0 Å². The monoisotopic (exact) mass is 179 g/mol. The maximum Gasteiger partial charge on any atom is 0.0259 e. The van der Waals surface area contributed by atoms with Crippen molar-refractivity contribution in [2.24, 2.45) is 17.6 Å². The van der Waals surface area contributed by atoms with E-state index < -0.39 is 0 Å². The normalized spacial score (nSPS) is 30.3. The maximum absolute atomic E-state index is 6.07. The van der Waals surface area contributed by atoms with Crippen LogP contribution in [0, 0.1) is 11.8 Å². The van der Waals surface area contributed by atoms with Gasteiger partial charge in [0.25, 0.3) is 0 Å². The Balaban J connectivity index is 2.71. The van der Waals surface area contributed by atoms with Gasteiger partial charge in [-0.2, -0.15) is 0 Å². The van der Waals surface area contributed by atoms with Crippen molar-refractivity contribution in [2.75, 3.05) is 0 Å². The topological polar surface area (TPSA) is 26.0 Å². The smallest absolute Gasteiger partial charge is 0.0259 e. The molecular weight excluding hydrogens is 158 g/mol. The number of nitrogens with two attached hydrogens (primary N) is 1. The van der Waals surface area contributed by atoms with Gasteiger partial charge in [-0.05, 0) is 38.5 Å². The van der Waals surface area contributed by atoms with Crippen LogP contribution in [0.2, 0.25) is 0 Å². The van der Waals surface area contributed by atoms with Crippen molar-refractivity contribution >= 4 is 0 Å². The summed E-state index contributed by atoms with van der Waals surface area (Å²) in [5.41, 5.74) is 8.95. The number of hydrogen-bond donors (Lipinski definition) is 1. The summed E-state index contributed by atoms with van der Waals surface area (Å²) in [6, 6.07) is 0.303. The second-order valence-corrected chi connectivity index (χ2v) is 4.43. The predicted octanol–water partition coefficient (Wildman–Crippen LogP) is 2.88. The van der Waals surface area contributed by atoms with Gasteiger partial charge in [0.1, 0.15) is 0 Å². The van der Waals surface area contributed by atoms with E-state index in [4.69, 9.17) is 5.73 Å². The molecule has 1 heteroatoms. The third-order valence-corrected chi connectivity index (χ3v) is 3.24. The van der Waals surface area contributed by atoms with Crippen LogP contribution in [0.1, 0.15) is 33.6 Å². The molecule has 1 fully saturated rings. The van der Waals surface area contributed by atoms with Crippen LogP contribution in [-0.4, -0.2) is 6.04 Å². The summed E-state index contributed by atoms with van der Waals surface area (Å²) in [7, 11) is 0. The van der Waals surface area contributed by atoms with Gasteiger partial charge in [0.15, 0.2) is 0 Å². The van der Waals surface area contributed by atoms with Gasteiger partial charge in [-0.1, -0.05) is 24.1 Å². The van der Waals surface area contributed by atoms with Crippen molar-refractivity contribution in [3.05, 3.63) is 23.8 Å². The molecule has 3 atom stereocenters. The molecule has 1 aliphatic carbocycles. The molecule has 13 heavy (non-hydrogen) atoms. The van der Waals surface area contributed by atoms with Crippen molar-refractivity contribution < 1.29 is 0 Å². The summed E-state index contributed by atoms with van der Waals surface area (Å²) in [4.78, 5) is 0. The maximum atomic E-state index is 6.07. The van der Waals surface area contributed by atoms with Crippen molar-refractivity contribution in [3.63, 3.8) is 0 Å². The molecule has 1 nitrogen and oxygen atoms in total. The number of hydrogen-bond acceptors (Lipinski definition) is 1. The minimum atomic E-state index is 0.303. The minimum Gasteiger partial charge on any atom is -0.324 e. The molecule has 3 unspecified atom stereocenters. The fourth-order valence-electron chi connectivity index (χ4n) is 2.15. The van der Waals surface area contributed by atoms with E-state index in [1.54, 1.807) is 0 Å². The lowest BCUT2D eigenvalue weighted by Crippen LogP contribution is -2.18. The van der Waals surface area contributed by atoms with Crippen LogP contribution >= 0.6 is 0 Å². The van der Waals surface area contributed by atoms with Crippen molar-refractivity contribution in [1.82, 2.24) is 0 Å². The van der Waals surface area contributed by atoms with E-state index in [0.717, 1.165) is 12.3 Å². The summed E-state index contributed by atoms with van der Waals surface area (Å²) < 4.78 is 0. The molecule has 0 saturated heterocycles. The Bertz CT molecular complexity index is 223. The molecule has 1 aliphatic rings. The van der Waals surface area contributed by atoms with Crippen LogP contribution < -0.4 is 5.73 Å². The van der Waals surface area contributed by atoms with E-state index in [2.05, 4.69) is 27.4 Å². The van der Waals surface area contributed by atoms with Gasteiger partial charge in [-0.15, -0.1) is 6.58 Å². The van der Waals surface area contributed by atoms with Crippen molar-refractivity contribution in [1.29, 1.82) is 0 Å². The van der Waals surface area contributed by atoms with E-state index in [0.29, 0.717) is 12.0 Å². The lowest BCUT2D eigenvalue weighted by atomic mass is 9.92. The Morgan fingerprint density at radius 3 is 2.62 bits per heavy atom. The molecule has 74 valence electrons. The van der Waals surface area contributed by atoms with Gasteiger partial charge in [-0.3, -0.25) is 0 Å². The molecule has 0 aromatic heterocycles. The van der Waals surface area contributed by atoms with Gasteiger partial charge in [-0.25, -0.2) is 0 Å². The molecule has 0 amide bonds. The van der Waals surface area contributed by atoms with E-state index in [9.17, 15) is 0 Å². The summed E-state index contributed by atoms with van der Waals surface area (Å²) in [5, 5.41) is 0. The Kier molecular flexibility index (Phi) is 3.32. The molecule has 0 spiro atoms. The van der Waals surface area contributed by atoms with E-state index in [1.165, 1.54) is 17.6 Å². The first-order valence-corrected chi connectivity index (χ1v) is 5.10. The molecule has 0 aliphatic heterocycles. The van der Waals surface area contributed by atoms with Gasteiger partial charge < -0.3 is 5.73 Å². The van der Waals surface area contributed by atoms with E-state index in [1.807, 2.05) is 6.08 Å². The Morgan fingerprint density at radius 1 is 1.62 bits per heavy atom. The largest absolute Gasteiger partial charge is 0.324 e. The van der Waals surface area contributed by atoms with E-state index in [-0.39, 0.29) is 0 Å². The summed E-state index contributed by atoms with van der Waals surface area (Å²) >= 11 is 0. The number of rotatable bonds is 2. The zero-order valence-corrected chi connectivity index (χ0v) is 9.01. The molecule has 0 aromatic carbocycles. The first kappa shape index (κ1) is 10.5. The second-order valence-electron chi connectivity index (χ2n) is 4.43. The van der Waals surface area contributed by atoms with Crippen LogP contribution in [0.3, 0.4) is 0 Å². The molecule has 2 N–H and O–H groups in total. The van der Waals surface area contributed by atoms with Crippen molar-refractivity contribution in [3.8, 4) is 0 Å². The van der Waals surface area contributed by atoms with Crippen LogP contribution in [0.5, 0.6) is 0 Å². The van der Waals surface area contributed by atoms with E-state index >= 15 is 0 Å². The van der Waals surface area contributed by atoms with Gasteiger partial charge in [0.05, 0.1) is 0 Å².